The second-order valence-electron chi connectivity index (χ2n) is 4.03. The van der Waals surface area contributed by atoms with Gasteiger partial charge in [-0.15, -0.1) is 0 Å². The number of nitrogens with one attached hydrogen (secondary N) is 1. The first-order chi connectivity index (χ1) is 6.87. The molecule has 0 spiro atoms. The zero-order chi connectivity index (χ0) is 11.9. The van der Waals surface area contributed by atoms with Crippen LogP contribution in [0.5, 0.6) is 0 Å². The number of nitrogens with zero attached hydrogens (tertiary/aromatic N) is 1. The van der Waals surface area contributed by atoms with E-state index in [2.05, 4.69) is 4.72 Å². The molecule has 1 atom stereocenters. The molecular formula is C9H22N2O3S. The van der Waals surface area contributed by atoms with Crippen LogP contribution in [0.1, 0.15) is 19.8 Å². The van der Waals surface area contributed by atoms with Crippen LogP contribution >= 0.6 is 0 Å². The normalized spacial score (nSPS) is 14.5. The molecule has 0 aromatic carbocycles. The summed E-state index contributed by atoms with van der Waals surface area (Å²) in [6.45, 7) is 2.56. The number of rotatable bonds is 8. The molecule has 0 fully saturated rings. The number of sulfonamides is 1. The molecule has 0 aromatic rings. The van der Waals surface area contributed by atoms with Gasteiger partial charge in [0.1, 0.15) is 0 Å². The second-order valence-corrected chi connectivity index (χ2v) is 5.90. The molecule has 15 heavy (non-hydrogen) atoms. The van der Waals surface area contributed by atoms with Gasteiger partial charge in [-0.25, -0.2) is 13.1 Å². The Morgan fingerprint density at radius 3 is 2.40 bits per heavy atom. The van der Waals surface area contributed by atoms with Gasteiger partial charge in [0.15, 0.2) is 0 Å². The minimum atomic E-state index is -3.19. The minimum absolute atomic E-state index is 0.0444. The van der Waals surface area contributed by atoms with Crippen molar-refractivity contribution < 1.29 is 13.5 Å². The van der Waals surface area contributed by atoms with Crippen LogP contribution in [-0.4, -0.2) is 57.5 Å². The summed E-state index contributed by atoms with van der Waals surface area (Å²) >= 11 is 0. The molecule has 0 radical (unpaired) electrons. The Labute approximate surface area is 92.5 Å². The van der Waals surface area contributed by atoms with Gasteiger partial charge in [-0.2, -0.15) is 0 Å². The predicted octanol–water partition coefficient (Wildman–Crippen LogP) is -0.372. The third-order valence-corrected chi connectivity index (χ3v) is 3.43. The Balaban J connectivity index is 3.91. The fourth-order valence-electron chi connectivity index (χ4n) is 1.35. The summed E-state index contributed by atoms with van der Waals surface area (Å²) in [5, 5.41) is 8.54. The van der Waals surface area contributed by atoms with Crippen molar-refractivity contribution in [1.29, 1.82) is 0 Å². The van der Waals surface area contributed by atoms with Gasteiger partial charge in [0.2, 0.25) is 10.0 Å². The molecule has 0 bridgehead atoms. The maximum absolute atomic E-state index is 11.5. The van der Waals surface area contributed by atoms with Crippen LogP contribution < -0.4 is 4.72 Å². The summed E-state index contributed by atoms with van der Waals surface area (Å²) in [7, 11) is 0.612. The lowest BCUT2D eigenvalue weighted by Gasteiger charge is -2.18. The van der Waals surface area contributed by atoms with Crippen LogP contribution in [0.3, 0.4) is 0 Å². The number of likely N-dealkylation sites (N-methyl/N-ethyl adjacent to an activating group) is 1. The summed E-state index contributed by atoms with van der Waals surface area (Å²) in [5.41, 5.74) is 0. The van der Waals surface area contributed by atoms with E-state index in [0.717, 1.165) is 0 Å². The topological polar surface area (TPSA) is 69.6 Å². The summed E-state index contributed by atoms with van der Waals surface area (Å²) in [5.74, 6) is 0.0886. The van der Waals surface area contributed by atoms with Gasteiger partial charge in [0.25, 0.3) is 0 Å². The highest BCUT2D eigenvalue weighted by atomic mass is 32.2. The van der Waals surface area contributed by atoms with Crippen molar-refractivity contribution in [3.05, 3.63) is 0 Å². The van der Waals surface area contributed by atoms with E-state index < -0.39 is 10.0 Å². The fraction of sp³-hybridized carbons (Fsp3) is 1.00. The highest BCUT2D eigenvalue weighted by molar-refractivity contribution is 7.89. The fourth-order valence-corrected chi connectivity index (χ4v) is 2.74. The molecule has 0 amide bonds. The Bertz CT molecular complexity index is 252. The predicted molar refractivity (Wildman–Crippen MR) is 61.3 cm³/mol. The minimum Gasteiger partial charge on any atom is -0.396 e. The monoisotopic (exact) mass is 238 g/mol. The standard InChI is InChI=1S/C9H22N2O3S/c1-9(8-11(2)3)10-15(13,14)7-5-4-6-12/h9-10,12H,4-8H2,1-3H3. The summed E-state index contributed by atoms with van der Waals surface area (Å²) in [6, 6.07) is -0.0841. The number of hydrogen-bond acceptors (Lipinski definition) is 4. The van der Waals surface area contributed by atoms with E-state index in [-0.39, 0.29) is 18.4 Å². The van der Waals surface area contributed by atoms with Crippen LogP contribution in [0.15, 0.2) is 0 Å². The number of hydrogen-bond donors (Lipinski definition) is 2. The molecule has 0 rings (SSSR count). The van der Waals surface area contributed by atoms with E-state index in [1.165, 1.54) is 0 Å². The van der Waals surface area contributed by atoms with Gasteiger partial charge in [-0.3, -0.25) is 0 Å². The molecule has 5 nitrogen and oxygen atoms in total. The van der Waals surface area contributed by atoms with Crippen LogP contribution in [0.25, 0.3) is 0 Å². The Morgan fingerprint density at radius 1 is 1.33 bits per heavy atom. The number of unbranched alkanes of at least 4 members (excludes halogenated alkanes) is 1. The van der Waals surface area contributed by atoms with Gasteiger partial charge >= 0.3 is 0 Å². The van der Waals surface area contributed by atoms with Crippen molar-refractivity contribution >= 4 is 10.0 Å². The van der Waals surface area contributed by atoms with Crippen molar-refractivity contribution in [2.45, 2.75) is 25.8 Å². The first kappa shape index (κ1) is 14.8. The molecular weight excluding hydrogens is 216 g/mol. The van der Waals surface area contributed by atoms with Crippen LogP contribution in [0.4, 0.5) is 0 Å². The smallest absolute Gasteiger partial charge is 0.211 e. The second kappa shape index (κ2) is 7.16. The summed E-state index contributed by atoms with van der Waals surface area (Å²) in [6.07, 6.45) is 1.03. The third kappa shape index (κ3) is 8.80. The maximum Gasteiger partial charge on any atom is 0.211 e. The molecule has 0 aliphatic heterocycles. The molecule has 6 heteroatoms. The van der Waals surface area contributed by atoms with Crippen molar-refractivity contribution in [3.8, 4) is 0 Å². The third-order valence-electron chi connectivity index (χ3n) is 1.84. The van der Waals surface area contributed by atoms with Crippen LogP contribution in [0, 0.1) is 0 Å². The Morgan fingerprint density at radius 2 is 1.93 bits per heavy atom. The molecule has 2 N–H and O–H groups in total. The molecule has 0 saturated heterocycles. The molecule has 0 aliphatic carbocycles. The lowest BCUT2D eigenvalue weighted by Crippen LogP contribution is -2.40. The first-order valence-corrected chi connectivity index (χ1v) is 6.78. The SMILES string of the molecule is CC(CN(C)C)NS(=O)(=O)CCCCO. The number of aliphatic hydroxyl groups excluding tert-OH is 1. The molecule has 1 unspecified atom stereocenters. The van der Waals surface area contributed by atoms with Gasteiger partial charge in [-0.05, 0) is 33.9 Å². The van der Waals surface area contributed by atoms with E-state index in [0.29, 0.717) is 19.4 Å². The number of aliphatic hydroxyl groups is 1. The van der Waals surface area contributed by atoms with Crippen molar-refractivity contribution in [2.75, 3.05) is 33.0 Å². The van der Waals surface area contributed by atoms with Gasteiger partial charge in [-0.1, -0.05) is 0 Å². The van der Waals surface area contributed by atoms with Crippen LogP contribution in [-0.2, 0) is 10.0 Å². The molecule has 0 saturated carbocycles. The van der Waals surface area contributed by atoms with E-state index in [1.807, 2.05) is 25.9 Å². The van der Waals surface area contributed by atoms with E-state index in [1.54, 1.807) is 0 Å². The van der Waals surface area contributed by atoms with E-state index >= 15 is 0 Å². The van der Waals surface area contributed by atoms with Gasteiger partial charge < -0.3 is 10.0 Å². The average Bonchev–Trinajstić information content (AvgIpc) is 2.00. The quantitative estimate of drug-likeness (QED) is 0.566. The largest absolute Gasteiger partial charge is 0.396 e. The highest BCUT2D eigenvalue weighted by Gasteiger charge is 2.14. The zero-order valence-electron chi connectivity index (χ0n) is 9.73. The van der Waals surface area contributed by atoms with Crippen molar-refractivity contribution in [3.63, 3.8) is 0 Å². The zero-order valence-corrected chi connectivity index (χ0v) is 10.5. The van der Waals surface area contributed by atoms with Gasteiger partial charge in [0.05, 0.1) is 5.75 Å². The molecule has 0 heterocycles. The van der Waals surface area contributed by atoms with E-state index in [9.17, 15) is 8.42 Å². The lowest BCUT2D eigenvalue weighted by atomic mass is 10.3. The lowest BCUT2D eigenvalue weighted by molar-refractivity contribution is 0.287. The summed E-state index contributed by atoms with van der Waals surface area (Å²) in [4.78, 5) is 1.93. The molecule has 92 valence electrons. The molecule has 0 aromatic heterocycles. The first-order valence-electron chi connectivity index (χ1n) is 5.13. The maximum atomic E-state index is 11.5. The molecule has 0 aliphatic rings. The summed E-state index contributed by atoms with van der Waals surface area (Å²) < 4.78 is 25.6. The van der Waals surface area contributed by atoms with E-state index in [4.69, 9.17) is 5.11 Å². The van der Waals surface area contributed by atoms with Gasteiger partial charge in [0, 0.05) is 19.2 Å². The van der Waals surface area contributed by atoms with Crippen molar-refractivity contribution in [2.24, 2.45) is 0 Å². The average molecular weight is 238 g/mol. The highest BCUT2D eigenvalue weighted by Crippen LogP contribution is 1.96. The van der Waals surface area contributed by atoms with Crippen LogP contribution in [0.2, 0.25) is 0 Å². The Kier molecular flexibility index (Phi) is 7.08. The Hall–Kier alpha value is -0.170. The van der Waals surface area contributed by atoms with Crippen molar-refractivity contribution in [1.82, 2.24) is 9.62 Å².